The Balaban J connectivity index is 1.59. The molecule has 3 aromatic rings. The molecule has 8 nitrogen and oxygen atoms in total. The first-order chi connectivity index (χ1) is 16.2. The summed E-state index contributed by atoms with van der Waals surface area (Å²) >= 11 is 0. The zero-order valence-corrected chi connectivity index (χ0v) is 19.0. The third-order valence-corrected chi connectivity index (χ3v) is 6.16. The van der Waals surface area contributed by atoms with Gasteiger partial charge in [-0.15, -0.1) is 0 Å². The largest absolute Gasteiger partial charge is 0.492 e. The van der Waals surface area contributed by atoms with E-state index in [-0.39, 0.29) is 18.6 Å². The maximum atomic E-state index is 11.3. The summed E-state index contributed by atoms with van der Waals surface area (Å²) in [6, 6.07) is 13.7. The van der Waals surface area contributed by atoms with Crippen LogP contribution in [0, 0.1) is 5.92 Å². The van der Waals surface area contributed by atoms with Gasteiger partial charge >= 0.3 is 0 Å². The molecule has 33 heavy (non-hydrogen) atoms. The van der Waals surface area contributed by atoms with Crippen molar-refractivity contribution in [2.24, 2.45) is 5.92 Å². The van der Waals surface area contributed by atoms with Crippen molar-refractivity contribution in [2.45, 2.75) is 18.9 Å². The minimum atomic E-state index is 0.0686. The molecule has 174 valence electrons. The molecule has 1 aliphatic carbocycles. The van der Waals surface area contributed by atoms with E-state index in [2.05, 4.69) is 26.4 Å². The van der Waals surface area contributed by atoms with Gasteiger partial charge in [-0.1, -0.05) is 23.4 Å². The molecule has 0 bridgehead atoms. The number of aliphatic hydroxyl groups excluding tert-OH is 1. The predicted molar refractivity (Wildman–Crippen MR) is 125 cm³/mol. The molecule has 0 fully saturated rings. The summed E-state index contributed by atoms with van der Waals surface area (Å²) in [5, 5.41) is 16.7. The normalized spacial score (nSPS) is 17.3. The molecular formula is C25H30N4O4. The summed E-state index contributed by atoms with van der Waals surface area (Å²) in [4.78, 5) is 18.1. The number of benzene rings is 2. The fraction of sp³-hybridized carbons (Fsp3) is 0.400. The number of rotatable bonds is 11. The topological polar surface area (TPSA) is 101 Å². The van der Waals surface area contributed by atoms with Gasteiger partial charge in [-0.05, 0) is 61.8 Å². The van der Waals surface area contributed by atoms with Gasteiger partial charge in [0, 0.05) is 36.7 Å². The second-order valence-corrected chi connectivity index (χ2v) is 8.29. The van der Waals surface area contributed by atoms with Crippen LogP contribution in [0.25, 0.3) is 22.8 Å². The molecule has 1 aliphatic rings. The molecule has 2 atom stereocenters. The Hall–Kier alpha value is -3.07. The minimum Gasteiger partial charge on any atom is -0.492 e. The quantitative estimate of drug-likeness (QED) is 0.340. The average molecular weight is 451 g/mol. The van der Waals surface area contributed by atoms with Crippen LogP contribution in [0.3, 0.4) is 0 Å². The van der Waals surface area contributed by atoms with Crippen molar-refractivity contribution in [3.8, 4) is 28.6 Å². The van der Waals surface area contributed by atoms with Crippen molar-refractivity contribution < 1.29 is 19.2 Å². The van der Waals surface area contributed by atoms with Gasteiger partial charge in [0.05, 0.1) is 6.61 Å². The van der Waals surface area contributed by atoms with Gasteiger partial charge in [0.1, 0.15) is 18.6 Å². The predicted octanol–water partition coefficient (Wildman–Crippen LogP) is 2.73. The number of carbonyl (C=O) groups excluding carboxylic acids is 1. The van der Waals surface area contributed by atoms with Crippen LogP contribution in [-0.2, 0) is 11.2 Å². The third kappa shape index (κ3) is 4.98. The molecule has 8 heteroatoms. The molecule has 0 saturated heterocycles. The van der Waals surface area contributed by atoms with Crippen molar-refractivity contribution in [1.82, 2.24) is 20.4 Å². The maximum Gasteiger partial charge on any atom is 0.258 e. The fourth-order valence-electron chi connectivity index (χ4n) is 4.59. The van der Waals surface area contributed by atoms with E-state index in [0.29, 0.717) is 31.3 Å². The van der Waals surface area contributed by atoms with Crippen LogP contribution in [0.1, 0.15) is 23.6 Å². The molecule has 4 rings (SSSR count). The number of ether oxygens (including phenoxy) is 1. The highest BCUT2D eigenvalue weighted by Gasteiger charge is 2.36. The minimum absolute atomic E-state index is 0.0686. The Labute approximate surface area is 193 Å². The van der Waals surface area contributed by atoms with Gasteiger partial charge in [-0.2, -0.15) is 4.98 Å². The molecule has 0 aliphatic heterocycles. The van der Waals surface area contributed by atoms with E-state index in [4.69, 9.17) is 9.26 Å². The summed E-state index contributed by atoms with van der Waals surface area (Å²) in [5.41, 5.74) is 4.04. The average Bonchev–Trinajstić information content (AvgIpc) is 3.45. The number of nitrogens with zero attached hydrogens (tertiary/aromatic N) is 3. The SMILES string of the molecule is CNCCOc1ccc(-c2nc(-c3cccc4c3CC(CC=O)C4N(C)CCO)no2)cc1. The zero-order chi connectivity index (χ0) is 23.2. The summed E-state index contributed by atoms with van der Waals surface area (Å²) in [5.74, 6) is 1.91. The smallest absolute Gasteiger partial charge is 0.258 e. The zero-order valence-electron chi connectivity index (χ0n) is 19.0. The first-order valence-corrected chi connectivity index (χ1v) is 11.2. The molecule has 1 aromatic heterocycles. The number of hydrogen-bond acceptors (Lipinski definition) is 8. The number of aromatic nitrogens is 2. The molecule has 2 aromatic carbocycles. The number of aldehydes is 1. The standard InChI is InChI=1S/C25H30N4O4/c1-26-11-15-32-19-8-6-17(7-9-19)25-27-24(28-33-25)21-5-3-4-20-22(21)16-18(10-13-30)23(20)29(2)12-14-31/h3-9,13,18,23,26,31H,10-12,14-16H2,1-2H3. The second-order valence-electron chi connectivity index (χ2n) is 8.29. The lowest BCUT2D eigenvalue weighted by molar-refractivity contribution is -0.109. The van der Waals surface area contributed by atoms with E-state index in [1.165, 1.54) is 0 Å². The van der Waals surface area contributed by atoms with Crippen LogP contribution in [-0.4, -0.2) is 66.8 Å². The first-order valence-electron chi connectivity index (χ1n) is 11.2. The summed E-state index contributed by atoms with van der Waals surface area (Å²) < 4.78 is 11.2. The van der Waals surface area contributed by atoms with Gasteiger partial charge in [-0.3, -0.25) is 4.90 Å². The van der Waals surface area contributed by atoms with Crippen molar-refractivity contribution in [3.63, 3.8) is 0 Å². The summed E-state index contributed by atoms with van der Waals surface area (Å²) in [6.07, 6.45) is 2.20. The Morgan fingerprint density at radius 1 is 1.27 bits per heavy atom. The number of carbonyl (C=O) groups is 1. The Morgan fingerprint density at radius 2 is 2.09 bits per heavy atom. The van der Waals surface area contributed by atoms with Crippen LogP contribution >= 0.6 is 0 Å². The molecule has 0 radical (unpaired) electrons. The first kappa shape index (κ1) is 23.1. The number of hydrogen-bond donors (Lipinski definition) is 2. The summed E-state index contributed by atoms with van der Waals surface area (Å²) in [6.45, 7) is 1.99. The van der Waals surface area contributed by atoms with E-state index in [9.17, 15) is 9.90 Å². The van der Waals surface area contributed by atoms with Crippen LogP contribution in [0.15, 0.2) is 47.0 Å². The van der Waals surface area contributed by atoms with E-state index in [0.717, 1.165) is 47.3 Å². The van der Waals surface area contributed by atoms with Crippen LogP contribution < -0.4 is 10.1 Å². The van der Waals surface area contributed by atoms with Crippen LogP contribution in [0.4, 0.5) is 0 Å². The number of likely N-dealkylation sites (N-methyl/N-ethyl adjacent to an activating group) is 2. The highest BCUT2D eigenvalue weighted by Crippen LogP contribution is 2.44. The second kappa shape index (κ2) is 10.7. The monoisotopic (exact) mass is 450 g/mol. The molecule has 2 unspecified atom stereocenters. The lowest BCUT2D eigenvalue weighted by atomic mass is 9.96. The van der Waals surface area contributed by atoms with E-state index in [1.807, 2.05) is 50.5 Å². The molecule has 0 spiro atoms. The van der Waals surface area contributed by atoms with Crippen molar-refractivity contribution in [1.29, 1.82) is 0 Å². The highest BCUT2D eigenvalue weighted by atomic mass is 16.5. The number of aliphatic hydroxyl groups is 1. The Morgan fingerprint density at radius 3 is 2.82 bits per heavy atom. The molecule has 0 saturated carbocycles. The number of fused-ring (bicyclic) bond motifs is 1. The van der Waals surface area contributed by atoms with Crippen molar-refractivity contribution in [2.75, 3.05) is 40.4 Å². The van der Waals surface area contributed by atoms with Gasteiger partial charge in [0.25, 0.3) is 5.89 Å². The van der Waals surface area contributed by atoms with E-state index >= 15 is 0 Å². The molecule has 0 amide bonds. The third-order valence-electron chi connectivity index (χ3n) is 6.16. The van der Waals surface area contributed by atoms with Crippen LogP contribution in [0.2, 0.25) is 0 Å². The maximum absolute atomic E-state index is 11.3. The van der Waals surface area contributed by atoms with E-state index < -0.39 is 0 Å². The molecular weight excluding hydrogens is 420 g/mol. The summed E-state index contributed by atoms with van der Waals surface area (Å²) in [7, 11) is 3.87. The molecule has 1 heterocycles. The Bertz CT molecular complexity index is 1070. The fourth-order valence-corrected chi connectivity index (χ4v) is 4.59. The van der Waals surface area contributed by atoms with Gasteiger partial charge in [0.15, 0.2) is 0 Å². The molecule has 2 N–H and O–H groups in total. The Kier molecular flexibility index (Phi) is 7.49. The van der Waals surface area contributed by atoms with Crippen molar-refractivity contribution >= 4 is 6.29 Å². The van der Waals surface area contributed by atoms with E-state index in [1.54, 1.807) is 0 Å². The number of nitrogens with one attached hydrogen (secondary N) is 1. The lowest BCUT2D eigenvalue weighted by Gasteiger charge is -2.29. The van der Waals surface area contributed by atoms with Crippen molar-refractivity contribution in [3.05, 3.63) is 53.6 Å². The van der Waals surface area contributed by atoms with Gasteiger partial charge < -0.3 is 24.5 Å². The van der Waals surface area contributed by atoms with Gasteiger partial charge in [-0.25, -0.2) is 0 Å². The van der Waals surface area contributed by atoms with Crippen LogP contribution in [0.5, 0.6) is 5.75 Å². The lowest BCUT2D eigenvalue weighted by Crippen LogP contribution is -2.30. The highest BCUT2D eigenvalue weighted by molar-refractivity contribution is 5.67. The van der Waals surface area contributed by atoms with Gasteiger partial charge in [0.2, 0.25) is 5.82 Å².